The Bertz CT molecular complexity index is 396. The third kappa shape index (κ3) is 20.0. The number of hydrogen-bond acceptors (Lipinski definition) is 4. The normalized spacial score (nSPS) is 14.7. The summed E-state index contributed by atoms with van der Waals surface area (Å²) in [5, 5.41) is 0. The predicted octanol–water partition coefficient (Wildman–Crippen LogP) is 7.68. The van der Waals surface area contributed by atoms with E-state index in [1.807, 2.05) is 0 Å². The molecule has 0 N–H and O–H groups in total. The summed E-state index contributed by atoms with van der Waals surface area (Å²) >= 11 is 0. The van der Waals surface area contributed by atoms with E-state index in [-0.39, 0.29) is 5.97 Å². The molecule has 4 nitrogen and oxygen atoms in total. The first-order chi connectivity index (χ1) is 15.8. The SMILES string of the molecule is CCCCCCCCCCCCCCCCCCCCCC(=O)OCCN1CCOCC1. The van der Waals surface area contributed by atoms with Crippen LogP contribution in [0.25, 0.3) is 0 Å². The molecule has 0 aromatic rings. The molecule has 0 spiro atoms. The molecule has 1 saturated heterocycles. The van der Waals surface area contributed by atoms with Gasteiger partial charge in [0.25, 0.3) is 0 Å². The molecule has 32 heavy (non-hydrogen) atoms. The molecule has 1 heterocycles. The van der Waals surface area contributed by atoms with Crippen LogP contribution in [0.3, 0.4) is 0 Å². The zero-order valence-corrected chi connectivity index (χ0v) is 21.6. The van der Waals surface area contributed by atoms with Crippen LogP contribution in [0, 0.1) is 0 Å². The van der Waals surface area contributed by atoms with Gasteiger partial charge in [0, 0.05) is 26.1 Å². The van der Waals surface area contributed by atoms with Gasteiger partial charge in [-0.25, -0.2) is 0 Å². The lowest BCUT2D eigenvalue weighted by molar-refractivity contribution is -0.144. The number of esters is 1. The quantitative estimate of drug-likeness (QED) is 0.117. The highest BCUT2D eigenvalue weighted by Gasteiger charge is 2.10. The van der Waals surface area contributed by atoms with Gasteiger partial charge in [0.2, 0.25) is 0 Å². The predicted molar refractivity (Wildman–Crippen MR) is 136 cm³/mol. The minimum atomic E-state index is -0.0229. The summed E-state index contributed by atoms with van der Waals surface area (Å²) in [5.41, 5.74) is 0. The molecule has 0 radical (unpaired) electrons. The number of unbranched alkanes of at least 4 members (excludes halogenated alkanes) is 18. The first-order valence-corrected chi connectivity index (χ1v) is 14.3. The molecule has 1 fully saturated rings. The molecule has 0 aromatic heterocycles. The first-order valence-electron chi connectivity index (χ1n) is 14.3. The zero-order valence-electron chi connectivity index (χ0n) is 21.6. The fourth-order valence-electron chi connectivity index (χ4n) is 4.53. The van der Waals surface area contributed by atoms with Crippen molar-refractivity contribution >= 4 is 5.97 Å². The van der Waals surface area contributed by atoms with Crippen molar-refractivity contribution in [2.45, 2.75) is 135 Å². The van der Waals surface area contributed by atoms with E-state index < -0.39 is 0 Å². The minimum absolute atomic E-state index is 0.0229. The van der Waals surface area contributed by atoms with Gasteiger partial charge in [-0.1, -0.05) is 122 Å². The molecule has 0 amide bonds. The second-order valence-electron chi connectivity index (χ2n) is 9.79. The Labute approximate surface area is 200 Å². The van der Waals surface area contributed by atoms with Crippen molar-refractivity contribution in [1.29, 1.82) is 0 Å². The highest BCUT2D eigenvalue weighted by atomic mass is 16.5. The van der Waals surface area contributed by atoms with Crippen LogP contribution in [0.15, 0.2) is 0 Å². The van der Waals surface area contributed by atoms with Crippen LogP contribution >= 0.6 is 0 Å². The molecule has 1 aliphatic rings. The van der Waals surface area contributed by atoms with Gasteiger partial charge in [0.05, 0.1) is 13.2 Å². The van der Waals surface area contributed by atoms with E-state index in [0.29, 0.717) is 13.0 Å². The summed E-state index contributed by atoms with van der Waals surface area (Å²) in [6, 6.07) is 0. The summed E-state index contributed by atoms with van der Waals surface area (Å²) in [7, 11) is 0. The highest BCUT2D eigenvalue weighted by Crippen LogP contribution is 2.15. The highest BCUT2D eigenvalue weighted by molar-refractivity contribution is 5.69. The Kier molecular flexibility index (Phi) is 21.6. The lowest BCUT2D eigenvalue weighted by atomic mass is 10.0. The average molecular weight is 454 g/mol. The summed E-state index contributed by atoms with van der Waals surface area (Å²) in [6.45, 7) is 7.17. The maximum Gasteiger partial charge on any atom is 0.305 e. The van der Waals surface area contributed by atoms with Gasteiger partial charge in [0.1, 0.15) is 6.61 Å². The lowest BCUT2D eigenvalue weighted by Gasteiger charge is -2.26. The summed E-state index contributed by atoms with van der Waals surface area (Å²) in [5.74, 6) is -0.0229. The minimum Gasteiger partial charge on any atom is -0.464 e. The van der Waals surface area contributed by atoms with E-state index in [9.17, 15) is 4.79 Å². The molecule has 0 bridgehead atoms. The number of morpholine rings is 1. The number of rotatable bonds is 23. The number of carbonyl (C=O) groups is 1. The van der Waals surface area contributed by atoms with Crippen LogP contribution in [0.5, 0.6) is 0 Å². The van der Waals surface area contributed by atoms with Gasteiger partial charge in [0.15, 0.2) is 0 Å². The van der Waals surface area contributed by atoms with E-state index >= 15 is 0 Å². The molecular weight excluding hydrogens is 398 g/mol. The standard InChI is InChI=1S/C28H55NO3/c1-2-3-4-5-6-7-8-9-10-11-12-13-14-15-16-17-18-19-20-21-28(30)32-27-24-29-22-25-31-26-23-29/h2-27H2,1H3. The second-order valence-corrected chi connectivity index (χ2v) is 9.79. The number of nitrogens with zero attached hydrogens (tertiary/aromatic N) is 1. The number of carbonyl (C=O) groups excluding carboxylic acids is 1. The summed E-state index contributed by atoms with van der Waals surface area (Å²) in [4.78, 5) is 14.1. The third-order valence-corrected chi connectivity index (χ3v) is 6.76. The zero-order chi connectivity index (χ0) is 23.0. The van der Waals surface area contributed by atoms with Crippen molar-refractivity contribution in [3.05, 3.63) is 0 Å². The van der Waals surface area contributed by atoms with Gasteiger partial charge in [-0.05, 0) is 6.42 Å². The Morgan fingerprint density at radius 1 is 0.656 bits per heavy atom. The maximum atomic E-state index is 11.8. The molecule has 4 heteroatoms. The molecule has 0 aliphatic carbocycles. The average Bonchev–Trinajstić information content (AvgIpc) is 2.81. The summed E-state index contributed by atoms with van der Waals surface area (Å²) in [6.07, 6.45) is 26.7. The smallest absolute Gasteiger partial charge is 0.305 e. The van der Waals surface area contributed by atoms with E-state index in [0.717, 1.165) is 45.7 Å². The Hall–Kier alpha value is -0.610. The number of hydrogen-bond donors (Lipinski definition) is 0. The summed E-state index contributed by atoms with van der Waals surface area (Å²) < 4.78 is 10.7. The molecule has 0 aromatic carbocycles. The Morgan fingerprint density at radius 3 is 1.50 bits per heavy atom. The molecule has 1 aliphatic heterocycles. The fraction of sp³-hybridized carbons (Fsp3) is 0.964. The fourth-order valence-corrected chi connectivity index (χ4v) is 4.53. The lowest BCUT2D eigenvalue weighted by Crippen LogP contribution is -2.38. The topological polar surface area (TPSA) is 38.8 Å². The molecule has 0 unspecified atom stereocenters. The van der Waals surface area contributed by atoms with Crippen LogP contribution in [0.1, 0.15) is 135 Å². The molecule has 0 atom stereocenters. The van der Waals surface area contributed by atoms with Crippen molar-refractivity contribution < 1.29 is 14.3 Å². The van der Waals surface area contributed by atoms with Gasteiger partial charge in [-0.15, -0.1) is 0 Å². The first kappa shape index (κ1) is 29.4. The van der Waals surface area contributed by atoms with Crippen molar-refractivity contribution in [3.63, 3.8) is 0 Å². The van der Waals surface area contributed by atoms with Crippen LogP contribution < -0.4 is 0 Å². The van der Waals surface area contributed by atoms with Crippen molar-refractivity contribution in [2.75, 3.05) is 39.5 Å². The van der Waals surface area contributed by atoms with E-state index in [4.69, 9.17) is 9.47 Å². The third-order valence-electron chi connectivity index (χ3n) is 6.76. The maximum absolute atomic E-state index is 11.8. The van der Waals surface area contributed by atoms with Gasteiger partial charge in [-0.3, -0.25) is 9.69 Å². The van der Waals surface area contributed by atoms with Crippen molar-refractivity contribution in [1.82, 2.24) is 4.90 Å². The monoisotopic (exact) mass is 453 g/mol. The van der Waals surface area contributed by atoms with Gasteiger partial charge < -0.3 is 9.47 Å². The molecule has 1 rings (SSSR count). The van der Waals surface area contributed by atoms with Gasteiger partial charge in [-0.2, -0.15) is 0 Å². The van der Waals surface area contributed by atoms with E-state index in [2.05, 4.69) is 11.8 Å². The van der Waals surface area contributed by atoms with Crippen LogP contribution in [-0.2, 0) is 14.3 Å². The van der Waals surface area contributed by atoms with Crippen LogP contribution in [0.4, 0.5) is 0 Å². The van der Waals surface area contributed by atoms with Crippen molar-refractivity contribution in [2.24, 2.45) is 0 Å². The molecule has 0 saturated carbocycles. The molecular formula is C28H55NO3. The van der Waals surface area contributed by atoms with Crippen molar-refractivity contribution in [3.8, 4) is 0 Å². The van der Waals surface area contributed by atoms with E-state index in [1.54, 1.807) is 0 Å². The van der Waals surface area contributed by atoms with E-state index in [1.165, 1.54) is 109 Å². The Morgan fingerprint density at radius 2 is 1.06 bits per heavy atom. The molecule has 190 valence electrons. The van der Waals surface area contributed by atoms with Crippen LogP contribution in [0.2, 0.25) is 0 Å². The second kappa shape index (κ2) is 23.5. The number of ether oxygens (including phenoxy) is 2. The van der Waals surface area contributed by atoms with Crippen LogP contribution in [-0.4, -0.2) is 50.3 Å². The Balaban J connectivity index is 1.69. The largest absolute Gasteiger partial charge is 0.464 e. The van der Waals surface area contributed by atoms with Gasteiger partial charge >= 0.3 is 5.97 Å².